The van der Waals surface area contributed by atoms with Crippen LogP contribution in [0.25, 0.3) is 34.1 Å². The number of fused-ring (bicyclic) bond motifs is 2. The third kappa shape index (κ3) is 4.00. The first kappa shape index (κ1) is 22.9. The Morgan fingerprint density at radius 2 is 1.85 bits per heavy atom. The lowest BCUT2D eigenvalue weighted by molar-refractivity contribution is 0.0936. The molecular formula is C30H24N8O. The predicted molar refractivity (Wildman–Crippen MR) is 149 cm³/mol. The van der Waals surface area contributed by atoms with Crippen molar-refractivity contribution < 1.29 is 4.79 Å². The number of hydrogen-bond donors (Lipinski definition) is 2. The van der Waals surface area contributed by atoms with Gasteiger partial charge in [-0.25, -0.2) is 19.6 Å². The minimum Gasteiger partial charge on any atom is -0.383 e. The van der Waals surface area contributed by atoms with Crippen molar-refractivity contribution in [3.8, 4) is 22.9 Å². The van der Waals surface area contributed by atoms with Crippen molar-refractivity contribution in [3.63, 3.8) is 0 Å². The van der Waals surface area contributed by atoms with Crippen LogP contribution in [0.2, 0.25) is 0 Å². The molecule has 1 amide bonds. The molecule has 2 aromatic carbocycles. The fourth-order valence-electron chi connectivity index (χ4n) is 5.24. The number of amides is 1. The van der Waals surface area contributed by atoms with Crippen LogP contribution in [-0.4, -0.2) is 35.2 Å². The van der Waals surface area contributed by atoms with Gasteiger partial charge >= 0.3 is 0 Å². The van der Waals surface area contributed by atoms with Gasteiger partial charge in [0.2, 0.25) is 0 Å². The summed E-state index contributed by atoms with van der Waals surface area (Å²) < 4.78 is 3.74. The van der Waals surface area contributed by atoms with Crippen LogP contribution in [0.5, 0.6) is 0 Å². The topological polar surface area (TPSA) is 117 Å². The van der Waals surface area contributed by atoms with Gasteiger partial charge in [-0.05, 0) is 78.6 Å². The van der Waals surface area contributed by atoms with E-state index in [1.165, 1.54) is 5.56 Å². The van der Waals surface area contributed by atoms with Crippen LogP contribution < -0.4 is 11.1 Å². The Kier molecular flexibility index (Phi) is 5.40. The summed E-state index contributed by atoms with van der Waals surface area (Å²) in [4.78, 5) is 27.0. The van der Waals surface area contributed by atoms with E-state index < -0.39 is 0 Å². The molecule has 0 saturated carbocycles. The Labute approximate surface area is 224 Å². The maximum absolute atomic E-state index is 12.8. The van der Waals surface area contributed by atoms with Crippen molar-refractivity contribution in [2.45, 2.75) is 18.9 Å². The van der Waals surface area contributed by atoms with Crippen molar-refractivity contribution in [3.05, 3.63) is 114 Å². The molecule has 0 aliphatic heterocycles. The van der Waals surface area contributed by atoms with E-state index in [-0.39, 0.29) is 11.9 Å². The van der Waals surface area contributed by atoms with E-state index in [0.29, 0.717) is 28.7 Å². The molecule has 0 saturated heterocycles. The highest BCUT2D eigenvalue weighted by molar-refractivity contribution is 5.94. The van der Waals surface area contributed by atoms with Gasteiger partial charge in [0.25, 0.3) is 5.91 Å². The normalized spacial score (nSPS) is 14.4. The Morgan fingerprint density at radius 1 is 0.949 bits per heavy atom. The van der Waals surface area contributed by atoms with Gasteiger partial charge in [-0.1, -0.05) is 24.3 Å². The summed E-state index contributed by atoms with van der Waals surface area (Å²) in [5.74, 6) is 1.67. The quantitative estimate of drug-likeness (QED) is 0.347. The second-order valence-electron chi connectivity index (χ2n) is 9.48. The van der Waals surface area contributed by atoms with Crippen LogP contribution >= 0.6 is 0 Å². The molecule has 1 aliphatic rings. The zero-order chi connectivity index (χ0) is 26.3. The maximum Gasteiger partial charge on any atom is 0.251 e. The standard InChI is InChI=1S/C30H24N8O/c31-27-23(8-4-15-32-27)28-34-25-13-14-26(37-17-5-16-33-37)36-29(25)38(28)21-10-11-22-20(18-21)9-12-24(22)35-30(39)19-6-2-1-3-7-19/h1-8,10-11,13-18,24H,9,12H2,(H2,31,32)(H,35,39)/t24-/m0/s1. The number of imidazole rings is 1. The first-order valence-electron chi connectivity index (χ1n) is 12.8. The number of hydrogen-bond acceptors (Lipinski definition) is 6. The molecule has 1 aliphatic carbocycles. The summed E-state index contributed by atoms with van der Waals surface area (Å²) in [6.07, 6.45) is 6.93. The summed E-state index contributed by atoms with van der Waals surface area (Å²) in [6, 6.07) is 25.0. The predicted octanol–water partition coefficient (Wildman–Crippen LogP) is 4.67. The van der Waals surface area contributed by atoms with Crippen LogP contribution in [0, 0.1) is 0 Å². The first-order chi connectivity index (χ1) is 19.2. The van der Waals surface area contributed by atoms with Crippen molar-refractivity contribution in [2.75, 3.05) is 5.73 Å². The molecular weight excluding hydrogens is 488 g/mol. The third-order valence-corrected chi connectivity index (χ3v) is 7.11. The van der Waals surface area contributed by atoms with E-state index in [1.807, 2.05) is 77.5 Å². The van der Waals surface area contributed by atoms with E-state index in [0.717, 1.165) is 35.2 Å². The molecule has 3 N–H and O–H groups in total. The summed E-state index contributed by atoms with van der Waals surface area (Å²) >= 11 is 0. The minimum absolute atomic E-state index is 0.0423. The van der Waals surface area contributed by atoms with Crippen molar-refractivity contribution >= 4 is 22.9 Å². The van der Waals surface area contributed by atoms with Crippen molar-refractivity contribution in [2.24, 2.45) is 0 Å². The average molecular weight is 513 g/mol. The smallest absolute Gasteiger partial charge is 0.251 e. The zero-order valence-electron chi connectivity index (χ0n) is 20.9. The summed E-state index contributed by atoms with van der Waals surface area (Å²) in [5.41, 5.74) is 12.3. The van der Waals surface area contributed by atoms with Gasteiger partial charge in [0.1, 0.15) is 11.3 Å². The van der Waals surface area contributed by atoms with E-state index in [9.17, 15) is 4.79 Å². The molecule has 0 bridgehead atoms. The highest BCUT2D eigenvalue weighted by atomic mass is 16.1. The Morgan fingerprint density at radius 3 is 2.67 bits per heavy atom. The summed E-state index contributed by atoms with van der Waals surface area (Å²) in [6.45, 7) is 0. The number of anilines is 1. The van der Waals surface area contributed by atoms with E-state index >= 15 is 0 Å². The number of nitrogens with zero attached hydrogens (tertiary/aromatic N) is 6. The Balaban J connectivity index is 1.33. The number of nitrogen functional groups attached to an aromatic ring is 1. The van der Waals surface area contributed by atoms with E-state index in [1.54, 1.807) is 17.1 Å². The van der Waals surface area contributed by atoms with Gasteiger partial charge in [0.15, 0.2) is 17.3 Å². The van der Waals surface area contributed by atoms with Gasteiger partial charge in [-0.3, -0.25) is 9.36 Å². The number of carbonyl (C=O) groups is 1. The highest BCUT2D eigenvalue weighted by Gasteiger charge is 2.26. The molecule has 7 rings (SSSR count). The van der Waals surface area contributed by atoms with Crippen LogP contribution in [0.3, 0.4) is 0 Å². The van der Waals surface area contributed by atoms with Gasteiger partial charge in [0, 0.05) is 29.8 Å². The van der Waals surface area contributed by atoms with Crippen LogP contribution in [0.4, 0.5) is 5.82 Å². The van der Waals surface area contributed by atoms with Crippen molar-refractivity contribution in [1.82, 2.24) is 34.6 Å². The second-order valence-corrected chi connectivity index (χ2v) is 9.48. The van der Waals surface area contributed by atoms with Crippen molar-refractivity contribution in [1.29, 1.82) is 0 Å². The van der Waals surface area contributed by atoms with Gasteiger partial charge in [-0.15, -0.1) is 0 Å². The molecule has 6 aromatic rings. The number of aryl methyl sites for hydroxylation is 1. The van der Waals surface area contributed by atoms with Crippen LogP contribution in [-0.2, 0) is 6.42 Å². The summed E-state index contributed by atoms with van der Waals surface area (Å²) in [7, 11) is 0. The van der Waals surface area contributed by atoms with Crippen LogP contribution in [0.1, 0.15) is 33.9 Å². The fraction of sp³-hybridized carbons (Fsp3) is 0.100. The number of nitrogens with one attached hydrogen (secondary N) is 1. The Hall–Kier alpha value is -5.31. The molecule has 0 fully saturated rings. The number of benzene rings is 2. The lowest BCUT2D eigenvalue weighted by Crippen LogP contribution is -2.27. The number of aromatic nitrogens is 6. The molecule has 0 spiro atoms. The van der Waals surface area contributed by atoms with E-state index in [4.69, 9.17) is 15.7 Å². The number of pyridine rings is 2. The van der Waals surface area contributed by atoms with E-state index in [2.05, 4.69) is 27.5 Å². The lowest BCUT2D eigenvalue weighted by Gasteiger charge is -2.16. The van der Waals surface area contributed by atoms with Gasteiger partial charge in [0.05, 0.1) is 11.6 Å². The fourth-order valence-corrected chi connectivity index (χ4v) is 5.24. The molecule has 4 heterocycles. The van der Waals surface area contributed by atoms with Gasteiger partial charge in [-0.2, -0.15) is 5.10 Å². The second kappa shape index (κ2) is 9.21. The SMILES string of the molecule is Nc1ncccc1-c1nc2ccc(-n3cccn3)nc2n1-c1ccc2c(c1)CC[C@@H]2NC(=O)c1ccccc1. The largest absolute Gasteiger partial charge is 0.383 e. The zero-order valence-corrected chi connectivity index (χ0v) is 20.9. The summed E-state index contributed by atoms with van der Waals surface area (Å²) in [5, 5.41) is 7.53. The molecule has 1 atom stereocenters. The number of rotatable bonds is 5. The minimum atomic E-state index is -0.0668. The van der Waals surface area contributed by atoms with Crippen LogP contribution in [0.15, 0.2) is 97.5 Å². The molecule has 4 aromatic heterocycles. The molecule has 9 heteroatoms. The molecule has 0 radical (unpaired) electrons. The highest BCUT2D eigenvalue weighted by Crippen LogP contribution is 2.36. The third-order valence-electron chi connectivity index (χ3n) is 7.11. The number of nitrogens with two attached hydrogens (primary N) is 1. The lowest BCUT2D eigenvalue weighted by atomic mass is 10.1. The molecule has 190 valence electrons. The monoisotopic (exact) mass is 512 g/mol. The molecule has 39 heavy (non-hydrogen) atoms. The average Bonchev–Trinajstić information content (AvgIpc) is 3.72. The number of carbonyl (C=O) groups excluding carboxylic acids is 1. The molecule has 9 nitrogen and oxygen atoms in total. The maximum atomic E-state index is 12.8. The van der Waals surface area contributed by atoms with Gasteiger partial charge < -0.3 is 11.1 Å². The first-order valence-corrected chi connectivity index (χ1v) is 12.8. The Bertz CT molecular complexity index is 1830. The molecule has 0 unspecified atom stereocenters.